The van der Waals surface area contributed by atoms with Crippen molar-refractivity contribution < 1.29 is 38.4 Å². The molecule has 0 saturated heterocycles. The Kier molecular flexibility index (Phi) is 20.9. The monoisotopic (exact) mass is 753 g/mol. The highest BCUT2D eigenvalue weighted by molar-refractivity contribution is 6.00. The van der Waals surface area contributed by atoms with Gasteiger partial charge in [-0.15, -0.1) is 0 Å². The van der Waals surface area contributed by atoms with Crippen LogP contribution in [0.15, 0.2) is 0 Å². The number of likely N-dealkylation sites (N-methyl/N-ethyl adjacent to an activating group) is 5. The second kappa shape index (κ2) is 22.7. The Balaban J connectivity index is 6.03. The van der Waals surface area contributed by atoms with Crippen molar-refractivity contribution in [3.05, 3.63) is 0 Å². The highest BCUT2D eigenvalue weighted by Crippen LogP contribution is 2.17. The van der Waals surface area contributed by atoms with Crippen molar-refractivity contribution in [3.8, 4) is 0 Å². The van der Waals surface area contributed by atoms with Crippen LogP contribution in [-0.4, -0.2) is 139 Å². The maximum atomic E-state index is 14.0. The van der Waals surface area contributed by atoms with Crippen LogP contribution in [0.3, 0.4) is 0 Å². The normalized spacial score (nSPS) is 14.1. The van der Waals surface area contributed by atoms with Crippen LogP contribution >= 0.6 is 0 Å². The van der Waals surface area contributed by atoms with E-state index in [2.05, 4.69) is 21.3 Å². The van der Waals surface area contributed by atoms with Crippen LogP contribution in [-0.2, 0) is 33.6 Å². The van der Waals surface area contributed by atoms with Crippen molar-refractivity contribution in [2.45, 2.75) is 125 Å². The SMILES string of the molecule is CCCC(=O)N(C)CC(=O)N(C)[C@H](C(=O)N[C@H](C(=O)N(C)[C@@H](CC(C)C)C(=O)N[C@@H](C)C(=O)NC(=O)N(C)[C@@H](CC(C)C)C(=O)NC)C(C)C)C(C)C. The number of nitrogens with one attached hydrogen (secondary N) is 4. The zero-order valence-electron chi connectivity index (χ0n) is 34.8. The minimum atomic E-state index is -1.18. The van der Waals surface area contributed by atoms with Crippen molar-refractivity contribution in [2.75, 3.05) is 41.8 Å². The molecule has 0 aromatic heterocycles. The summed E-state index contributed by atoms with van der Waals surface area (Å²) in [5.41, 5.74) is 0. The first-order chi connectivity index (χ1) is 24.4. The molecule has 0 aliphatic heterocycles. The second-order valence-electron chi connectivity index (χ2n) is 15.4. The van der Waals surface area contributed by atoms with Gasteiger partial charge in [-0.05, 0) is 49.9 Å². The van der Waals surface area contributed by atoms with E-state index in [4.69, 9.17) is 0 Å². The van der Waals surface area contributed by atoms with E-state index < -0.39 is 71.7 Å². The molecule has 0 heterocycles. The minimum Gasteiger partial charge on any atom is -0.357 e. The van der Waals surface area contributed by atoms with Crippen molar-refractivity contribution in [1.29, 1.82) is 0 Å². The summed E-state index contributed by atoms with van der Waals surface area (Å²) in [7, 11) is 7.34. The van der Waals surface area contributed by atoms with Crippen molar-refractivity contribution in [2.24, 2.45) is 23.7 Å². The molecular formula is C37H68N8O8. The first kappa shape index (κ1) is 48.8. The molecule has 0 bridgehead atoms. The van der Waals surface area contributed by atoms with Gasteiger partial charge < -0.3 is 35.6 Å². The molecule has 0 spiro atoms. The molecule has 16 heteroatoms. The van der Waals surface area contributed by atoms with Crippen LogP contribution < -0.4 is 21.3 Å². The van der Waals surface area contributed by atoms with E-state index in [0.717, 1.165) is 4.90 Å². The number of rotatable bonds is 20. The summed E-state index contributed by atoms with van der Waals surface area (Å²) in [6.45, 7) is 17.7. The molecular weight excluding hydrogens is 684 g/mol. The molecule has 9 amide bonds. The average Bonchev–Trinajstić information content (AvgIpc) is 3.06. The van der Waals surface area contributed by atoms with Gasteiger partial charge in [0.15, 0.2) is 0 Å². The van der Waals surface area contributed by atoms with Gasteiger partial charge >= 0.3 is 6.03 Å². The number of carbonyl (C=O) groups excluding carboxylic acids is 8. The number of hydrogen-bond acceptors (Lipinski definition) is 8. The van der Waals surface area contributed by atoms with E-state index in [1.54, 1.807) is 27.7 Å². The lowest BCUT2D eigenvalue weighted by Crippen LogP contribution is -2.61. The molecule has 0 aliphatic carbocycles. The fourth-order valence-corrected chi connectivity index (χ4v) is 5.77. The fraction of sp³-hybridized carbons (Fsp3) is 0.784. The molecule has 0 fully saturated rings. The Hall–Kier alpha value is -4.24. The largest absolute Gasteiger partial charge is 0.357 e. The number of nitrogens with zero attached hydrogens (tertiary/aromatic N) is 4. The van der Waals surface area contributed by atoms with Gasteiger partial charge in [-0.3, -0.25) is 38.9 Å². The Morgan fingerprint density at radius 2 is 1.09 bits per heavy atom. The van der Waals surface area contributed by atoms with E-state index in [0.29, 0.717) is 19.3 Å². The third-order valence-electron chi connectivity index (χ3n) is 9.03. The van der Waals surface area contributed by atoms with Gasteiger partial charge in [0.1, 0.15) is 30.2 Å². The van der Waals surface area contributed by atoms with E-state index in [1.165, 1.54) is 56.9 Å². The predicted molar refractivity (Wildman–Crippen MR) is 203 cm³/mol. The lowest BCUT2D eigenvalue weighted by atomic mass is 9.96. The summed E-state index contributed by atoms with van der Waals surface area (Å²) in [6, 6.07) is -5.87. The molecule has 4 N–H and O–H groups in total. The summed E-state index contributed by atoms with van der Waals surface area (Å²) in [6.07, 6.45) is 1.52. The molecule has 0 aromatic rings. The molecule has 0 aliphatic rings. The summed E-state index contributed by atoms with van der Waals surface area (Å²) in [5.74, 6) is -4.27. The topological polar surface area (TPSA) is 198 Å². The van der Waals surface area contributed by atoms with Crippen molar-refractivity contribution >= 4 is 47.4 Å². The zero-order valence-corrected chi connectivity index (χ0v) is 34.8. The number of urea groups is 1. The van der Waals surface area contributed by atoms with Gasteiger partial charge in [0.25, 0.3) is 0 Å². The lowest BCUT2D eigenvalue weighted by molar-refractivity contribution is -0.147. The molecule has 0 aromatic carbocycles. The quantitative estimate of drug-likeness (QED) is 0.144. The van der Waals surface area contributed by atoms with E-state index >= 15 is 0 Å². The third kappa shape index (κ3) is 15.3. The molecule has 0 radical (unpaired) electrons. The Morgan fingerprint density at radius 3 is 1.53 bits per heavy atom. The predicted octanol–water partition coefficient (Wildman–Crippen LogP) is 1.58. The maximum Gasteiger partial charge on any atom is 0.324 e. The lowest BCUT2D eigenvalue weighted by Gasteiger charge is -2.36. The van der Waals surface area contributed by atoms with Crippen LogP contribution in [0.4, 0.5) is 4.79 Å². The van der Waals surface area contributed by atoms with Crippen molar-refractivity contribution in [3.63, 3.8) is 0 Å². The highest BCUT2D eigenvalue weighted by Gasteiger charge is 2.38. The number of amides is 9. The standard InChI is InChI=1S/C37H68N8O8/c1-16-17-28(46)42(12)20-29(47)45(15)31(24(8)9)35(51)40-30(23(6)7)36(52)43(13)27(19-22(4)5)34(50)39-25(10)32(48)41-37(53)44(14)26(18-21(2)3)33(49)38-11/h21-27,30-31H,16-20H2,1-15H3,(H,38,49)(H,39,50)(H,40,51)(H,41,48,53)/t25-,26-,27-,30-,31-/m0/s1. The zero-order chi connectivity index (χ0) is 41.5. The van der Waals surface area contributed by atoms with Gasteiger partial charge in [0, 0.05) is 41.7 Å². The summed E-state index contributed by atoms with van der Waals surface area (Å²) in [5, 5.41) is 10.2. The third-order valence-corrected chi connectivity index (χ3v) is 9.03. The second-order valence-corrected chi connectivity index (χ2v) is 15.4. The van der Waals surface area contributed by atoms with Gasteiger partial charge in [-0.2, -0.15) is 0 Å². The number of imide groups is 1. The smallest absolute Gasteiger partial charge is 0.324 e. The molecule has 16 nitrogen and oxygen atoms in total. The Bertz CT molecular complexity index is 1290. The van der Waals surface area contributed by atoms with E-state index in [1.807, 2.05) is 34.6 Å². The summed E-state index contributed by atoms with van der Waals surface area (Å²) < 4.78 is 0. The summed E-state index contributed by atoms with van der Waals surface area (Å²) in [4.78, 5) is 110. The molecule has 53 heavy (non-hydrogen) atoms. The minimum absolute atomic E-state index is 0.0534. The van der Waals surface area contributed by atoms with Crippen LogP contribution in [0.2, 0.25) is 0 Å². The van der Waals surface area contributed by atoms with Crippen molar-refractivity contribution in [1.82, 2.24) is 40.9 Å². The maximum absolute atomic E-state index is 14.0. The Morgan fingerprint density at radius 1 is 0.585 bits per heavy atom. The number of hydrogen-bond donors (Lipinski definition) is 4. The summed E-state index contributed by atoms with van der Waals surface area (Å²) >= 11 is 0. The number of carbonyl (C=O) groups is 8. The first-order valence-corrected chi connectivity index (χ1v) is 18.6. The molecule has 5 atom stereocenters. The molecule has 0 saturated carbocycles. The molecule has 0 unspecified atom stereocenters. The highest BCUT2D eigenvalue weighted by atomic mass is 16.2. The van der Waals surface area contributed by atoms with Crippen LogP contribution in [0.1, 0.15) is 94.9 Å². The van der Waals surface area contributed by atoms with E-state index in [9.17, 15) is 38.4 Å². The Labute approximate surface area is 316 Å². The first-order valence-electron chi connectivity index (χ1n) is 18.6. The van der Waals surface area contributed by atoms with Gasteiger partial charge in [0.05, 0.1) is 6.54 Å². The van der Waals surface area contributed by atoms with Crippen LogP contribution in [0.5, 0.6) is 0 Å². The molecule has 0 rings (SSSR count). The van der Waals surface area contributed by atoms with Gasteiger partial charge in [-0.25, -0.2) is 4.79 Å². The average molecular weight is 753 g/mol. The van der Waals surface area contributed by atoms with Gasteiger partial charge in [-0.1, -0.05) is 62.3 Å². The van der Waals surface area contributed by atoms with Crippen LogP contribution in [0.25, 0.3) is 0 Å². The molecule has 304 valence electrons. The fourth-order valence-electron chi connectivity index (χ4n) is 5.77. The van der Waals surface area contributed by atoms with Gasteiger partial charge in [0.2, 0.25) is 41.4 Å². The van der Waals surface area contributed by atoms with E-state index in [-0.39, 0.29) is 42.5 Å². The van der Waals surface area contributed by atoms with Crippen LogP contribution in [0, 0.1) is 23.7 Å².